The Labute approximate surface area is 230 Å². The summed E-state index contributed by atoms with van der Waals surface area (Å²) in [6.45, 7) is 3.93. The van der Waals surface area contributed by atoms with Crippen molar-refractivity contribution in [2.45, 2.75) is 25.8 Å². The van der Waals surface area contributed by atoms with Crippen molar-refractivity contribution < 1.29 is 14.3 Å². The number of piperidine rings is 1. The van der Waals surface area contributed by atoms with Crippen LogP contribution in [0.1, 0.15) is 28.8 Å². The van der Waals surface area contributed by atoms with Crippen LogP contribution in [0.3, 0.4) is 0 Å². The molecule has 204 valence electrons. The summed E-state index contributed by atoms with van der Waals surface area (Å²) in [6, 6.07) is 5.41. The van der Waals surface area contributed by atoms with E-state index in [1.165, 1.54) is 11.7 Å². The second-order valence-corrected chi connectivity index (χ2v) is 10.5. The maximum absolute atomic E-state index is 13.0. The number of anilines is 2. The molecule has 5 rings (SSSR count). The van der Waals surface area contributed by atoms with E-state index in [0.29, 0.717) is 39.5 Å². The van der Waals surface area contributed by atoms with Crippen molar-refractivity contribution in [3.63, 3.8) is 0 Å². The van der Waals surface area contributed by atoms with Crippen LogP contribution in [0.25, 0.3) is 22.2 Å². The fourth-order valence-corrected chi connectivity index (χ4v) is 5.71. The molecule has 1 aliphatic rings. The Balaban J connectivity index is 1.48. The minimum absolute atomic E-state index is 0.125. The van der Waals surface area contributed by atoms with Gasteiger partial charge in [0.25, 0.3) is 11.5 Å². The summed E-state index contributed by atoms with van der Waals surface area (Å²) in [5, 5.41) is 10.4. The van der Waals surface area contributed by atoms with Gasteiger partial charge in [0.15, 0.2) is 5.75 Å². The van der Waals surface area contributed by atoms with E-state index in [1.807, 2.05) is 17.7 Å². The highest BCUT2D eigenvalue weighted by atomic mass is 32.1. The SMILES string of the molecule is COc1cc(C(=O)NC2CCN(C)CC2)ccc1Nc1ncc2c(n1)c(-c1cscc1C)c(OC)c(=O)n2C. The topological polar surface area (TPSA) is 111 Å². The van der Waals surface area contributed by atoms with Crippen molar-refractivity contribution in [3.8, 4) is 22.6 Å². The zero-order chi connectivity index (χ0) is 27.7. The lowest BCUT2D eigenvalue weighted by molar-refractivity contribution is 0.0916. The van der Waals surface area contributed by atoms with Crippen molar-refractivity contribution in [2.24, 2.45) is 7.05 Å². The minimum atomic E-state index is -0.259. The smallest absolute Gasteiger partial charge is 0.293 e. The number of ether oxygens (including phenoxy) is 2. The number of rotatable bonds is 7. The first-order valence-electron chi connectivity index (χ1n) is 12.7. The van der Waals surface area contributed by atoms with Gasteiger partial charge < -0.3 is 29.6 Å². The number of pyridine rings is 1. The maximum Gasteiger partial charge on any atom is 0.293 e. The fraction of sp³-hybridized carbons (Fsp3) is 0.357. The lowest BCUT2D eigenvalue weighted by Gasteiger charge is -2.29. The molecule has 0 unspecified atom stereocenters. The van der Waals surface area contributed by atoms with Crippen molar-refractivity contribution in [1.82, 2.24) is 24.8 Å². The van der Waals surface area contributed by atoms with Crippen molar-refractivity contribution in [3.05, 3.63) is 56.6 Å². The predicted octanol–water partition coefficient (Wildman–Crippen LogP) is 3.95. The second-order valence-electron chi connectivity index (χ2n) is 9.76. The molecule has 10 nitrogen and oxygen atoms in total. The number of nitrogens with one attached hydrogen (secondary N) is 2. The van der Waals surface area contributed by atoms with Crippen LogP contribution in [-0.2, 0) is 7.05 Å². The van der Waals surface area contributed by atoms with Crippen LogP contribution in [0.5, 0.6) is 11.5 Å². The van der Waals surface area contributed by atoms with Crippen molar-refractivity contribution >= 4 is 39.9 Å². The number of amides is 1. The molecule has 1 aliphatic heterocycles. The van der Waals surface area contributed by atoms with Gasteiger partial charge in [-0.1, -0.05) is 0 Å². The second kappa shape index (κ2) is 11.0. The molecule has 11 heteroatoms. The summed E-state index contributed by atoms with van der Waals surface area (Å²) >= 11 is 1.55. The van der Waals surface area contributed by atoms with E-state index in [0.717, 1.165) is 37.1 Å². The summed E-state index contributed by atoms with van der Waals surface area (Å²) in [4.78, 5) is 37.5. The van der Waals surface area contributed by atoms with E-state index in [-0.39, 0.29) is 23.3 Å². The summed E-state index contributed by atoms with van der Waals surface area (Å²) in [5.41, 5.74) is 4.58. The number of likely N-dealkylation sites (tertiary alicyclic amines) is 1. The zero-order valence-electron chi connectivity index (χ0n) is 22.7. The highest BCUT2D eigenvalue weighted by molar-refractivity contribution is 7.08. The molecule has 3 aromatic heterocycles. The van der Waals surface area contributed by atoms with Gasteiger partial charge in [-0.2, -0.15) is 11.3 Å². The van der Waals surface area contributed by atoms with Gasteiger partial charge in [-0.05, 0) is 74.4 Å². The van der Waals surface area contributed by atoms with E-state index in [4.69, 9.17) is 14.5 Å². The number of carbonyl (C=O) groups excluding carboxylic acids is 1. The van der Waals surface area contributed by atoms with Gasteiger partial charge in [0.2, 0.25) is 5.95 Å². The highest BCUT2D eigenvalue weighted by Gasteiger charge is 2.23. The Morgan fingerprint density at radius 1 is 1.13 bits per heavy atom. The Hall–Kier alpha value is -3.96. The third-order valence-corrected chi connectivity index (χ3v) is 8.05. The van der Waals surface area contributed by atoms with Crippen LogP contribution < -0.4 is 25.7 Å². The molecule has 0 aliphatic carbocycles. The zero-order valence-corrected chi connectivity index (χ0v) is 23.5. The number of aryl methyl sites for hydroxylation is 2. The monoisotopic (exact) mass is 548 g/mol. The van der Waals surface area contributed by atoms with E-state index >= 15 is 0 Å². The molecule has 39 heavy (non-hydrogen) atoms. The molecule has 0 atom stereocenters. The number of thiophene rings is 1. The van der Waals surface area contributed by atoms with Gasteiger partial charge in [-0.3, -0.25) is 9.59 Å². The normalized spacial score (nSPS) is 14.4. The first kappa shape index (κ1) is 26.6. The number of hydrogen-bond acceptors (Lipinski definition) is 9. The third kappa shape index (κ3) is 5.19. The molecular weight excluding hydrogens is 516 g/mol. The molecule has 0 saturated carbocycles. The van der Waals surface area contributed by atoms with Gasteiger partial charge in [0.05, 0.1) is 37.2 Å². The molecule has 1 saturated heterocycles. The standard InChI is InChI=1S/C28H32N6O4S/c1-16-14-39-15-19(16)23-24-21(34(3)27(36)25(23)38-5)13-29-28(32-24)31-20-7-6-17(12-22(20)37-4)26(35)30-18-8-10-33(2)11-9-18/h6-7,12-15,18H,8-11H2,1-5H3,(H,30,35)(H,29,31,32). The lowest BCUT2D eigenvalue weighted by atomic mass is 10.0. The average Bonchev–Trinajstić information content (AvgIpc) is 3.37. The largest absolute Gasteiger partial charge is 0.495 e. The van der Waals surface area contributed by atoms with E-state index in [9.17, 15) is 9.59 Å². The van der Waals surface area contributed by atoms with Crippen LogP contribution in [0.15, 0.2) is 40.0 Å². The number of carbonyl (C=O) groups is 1. The average molecular weight is 549 g/mol. The van der Waals surface area contributed by atoms with Crippen LogP contribution >= 0.6 is 11.3 Å². The van der Waals surface area contributed by atoms with E-state index in [2.05, 4.69) is 27.6 Å². The van der Waals surface area contributed by atoms with Crippen LogP contribution in [0.2, 0.25) is 0 Å². The molecule has 1 amide bonds. The lowest BCUT2D eigenvalue weighted by Crippen LogP contribution is -2.43. The molecule has 0 spiro atoms. The van der Waals surface area contributed by atoms with E-state index in [1.54, 1.807) is 49.9 Å². The molecular formula is C28H32N6O4S. The van der Waals surface area contributed by atoms with Gasteiger partial charge in [-0.25, -0.2) is 9.97 Å². The number of aromatic nitrogens is 3. The Morgan fingerprint density at radius 3 is 2.56 bits per heavy atom. The number of nitrogens with zero attached hydrogens (tertiary/aromatic N) is 4. The maximum atomic E-state index is 13.0. The molecule has 0 radical (unpaired) electrons. The molecule has 1 aromatic carbocycles. The third-order valence-electron chi connectivity index (χ3n) is 7.19. The molecule has 2 N–H and O–H groups in total. The van der Waals surface area contributed by atoms with Gasteiger partial charge in [0.1, 0.15) is 11.3 Å². The molecule has 1 fully saturated rings. The quantitative estimate of drug-likeness (QED) is 0.357. The van der Waals surface area contributed by atoms with Crippen molar-refractivity contribution in [2.75, 3.05) is 39.7 Å². The number of fused-ring (bicyclic) bond motifs is 1. The summed E-state index contributed by atoms with van der Waals surface area (Å²) in [6.07, 6.45) is 3.48. The van der Waals surface area contributed by atoms with Crippen LogP contribution in [-0.4, -0.2) is 65.7 Å². The van der Waals surface area contributed by atoms with Crippen molar-refractivity contribution in [1.29, 1.82) is 0 Å². The predicted molar refractivity (Wildman–Crippen MR) is 154 cm³/mol. The minimum Gasteiger partial charge on any atom is -0.495 e. The van der Waals surface area contributed by atoms with Crippen LogP contribution in [0, 0.1) is 6.92 Å². The number of methoxy groups -OCH3 is 2. The van der Waals surface area contributed by atoms with Crippen LogP contribution in [0.4, 0.5) is 11.6 Å². The van der Waals surface area contributed by atoms with Gasteiger partial charge in [0, 0.05) is 24.2 Å². The summed E-state index contributed by atoms with van der Waals surface area (Å²) < 4.78 is 12.7. The Kier molecular flexibility index (Phi) is 7.53. The molecule has 4 aromatic rings. The summed E-state index contributed by atoms with van der Waals surface area (Å²) in [5.74, 6) is 0.912. The Morgan fingerprint density at radius 2 is 1.90 bits per heavy atom. The van der Waals surface area contributed by atoms with Gasteiger partial charge in [-0.15, -0.1) is 0 Å². The fourth-order valence-electron chi connectivity index (χ4n) is 4.88. The van der Waals surface area contributed by atoms with Gasteiger partial charge >= 0.3 is 0 Å². The molecule has 0 bridgehead atoms. The first-order chi connectivity index (χ1) is 18.8. The molecule has 4 heterocycles. The summed E-state index contributed by atoms with van der Waals surface area (Å²) in [7, 11) is 6.81. The van der Waals surface area contributed by atoms with E-state index < -0.39 is 0 Å². The number of benzene rings is 1. The Bertz CT molecular complexity index is 1590. The number of hydrogen-bond donors (Lipinski definition) is 2. The highest BCUT2D eigenvalue weighted by Crippen LogP contribution is 2.37. The first-order valence-corrected chi connectivity index (χ1v) is 13.7.